The molecule has 0 aliphatic heterocycles. The molecule has 0 spiro atoms. The molecule has 0 aliphatic rings. The molecule has 2 aromatic carbocycles. The van der Waals surface area contributed by atoms with Gasteiger partial charge in [0.1, 0.15) is 17.1 Å². The summed E-state index contributed by atoms with van der Waals surface area (Å²) in [4.78, 5) is 24.0. The molecule has 7 heteroatoms. The molecule has 4 N–H and O–H groups in total. The number of carbonyl (C=O) groups excluding carboxylic acids is 2. The molecule has 0 saturated carbocycles. The Kier molecular flexibility index (Phi) is 5.97. The van der Waals surface area contributed by atoms with Gasteiger partial charge in [-0.2, -0.15) is 0 Å². The lowest BCUT2D eigenvalue weighted by Crippen LogP contribution is -2.22. The van der Waals surface area contributed by atoms with E-state index in [1.54, 1.807) is 36.4 Å². The van der Waals surface area contributed by atoms with E-state index in [0.717, 1.165) is 5.56 Å². The van der Waals surface area contributed by atoms with Gasteiger partial charge >= 0.3 is 0 Å². The monoisotopic (exact) mass is 343 g/mol. The molecule has 2 rings (SSSR count). The molecule has 2 aromatic rings. The number of amides is 2. The summed E-state index contributed by atoms with van der Waals surface area (Å²) in [5, 5.41) is 5.50. The van der Waals surface area contributed by atoms with Crippen LogP contribution < -0.4 is 25.8 Å². The first-order valence-electron chi connectivity index (χ1n) is 7.63. The fraction of sp³-hybridized carbons (Fsp3) is 0.222. The van der Waals surface area contributed by atoms with Crippen molar-refractivity contribution in [2.24, 2.45) is 5.73 Å². The Hall–Kier alpha value is -3.06. The Labute approximate surface area is 146 Å². The van der Waals surface area contributed by atoms with Crippen LogP contribution in [-0.2, 0) is 4.79 Å². The van der Waals surface area contributed by atoms with Gasteiger partial charge in [-0.15, -0.1) is 0 Å². The zero-order chi connectivity index (χ0) is 18.4. The summed E-state index contributed by atoms with van der Waals surface area (Å²) in [5.41, 5.74) is 7.61. The maximum Gasteiger partial charge on any atom is 0.263 e. The summed E-state index contributed by atoms with van der Waals surface area (Å²) in [7, 11) is 2.98. The van der Waals surface area contributed by atoms with Gasteiger partial charge in [-0.25, -0.2) is 0 Å². The van der Waals surface area contributed by atoms with E-state index >= 15 is 0 Å². The second-order valence-corrected chi connectivity index (χ2v) is 5.27. The number of anilines is 2. The highest BCUT2D eigenvalue weighted by atomic mass is 16.5. The molecule has 0 radical (unpaired) electrons. The van der Waals surface area contributed by atoms with Crippen LogP contribution in [0.5, 0.6) is 11.5 Å². The van der Waals surface area contributed by atoms with E-state index in [9.17, 15) is 9.59 Å². The number of benzene rings is 2. The molecule has 132 valence electrons. The summed E-state index contributed by atoms with van der Waals surface area (Å²) >= 11 is 0. The summed E-state index contributed by atoms with van der Waals surface area (Å²) in [6.45, 7) is 1.73. The number of rotatable bonds is 6. The van der Waals surface area contributed by atoms with Gasteiger partial charge in [0.05, 0.1) is 20.8 Å². The first kappa shape index (κ1) is 18.3. The number of nitrogens with two attached hydrogens (primary N) is 1. The van der Waals surface area contributed by atoms with Crippen LogP contribution in [0.2, 0.25) is 0 Å². The summed E-state index contributed by atoms with van der Waals surface area (Å²) in [5.74, 6) is 0.203. The molecule has 0 bridgehead atoms. The van der Waals surface area contributed by atoms with Gasteiger partial charge in [-0.1, -0.05) is 6.07 Å². The number of methoxy groups -OCH3 is 2. The van der Waals surface area contributed by atoms with Crippen molar-refractivity contribution < 1.29 is 19.1 Å². The number of ether oxygens (including phenoxy) is 2. The van der Waals surface area contributed by atoms with Gasteiger partial charge in [0.25, 0.3) is 5.91 Å². The predicted molar refractivity (Wildman–Crippen MR) is 96.4 cm³/mol. The van der Waals surface area contributed by atoms with Gasteiger partial charge in [0.2, 0.25) is 5.91 Å². The first-order valence-corrected chi connectivity index (χ1v) is 7.63. The SMILES string of the molecule is COc1cccc(OC)c1C(=O)Nc1ccc(NC(=O)CN)cc1C. The largest absolute Gasteiger partial charge is 0.496 e. The van der Waals surface area contributed by atoms with Crippen molar-refractivity contribution in [3.05, 3.63) is 47.5 Å². The Morgan fingerprint density at radius 3 is 2.20 bits per heavy atom. The van der Waals surface area contributed by atoms with E-state index in [-0.39, 0.29) is 18.4 Å². The molecule has 0 aliphatic carbocycles. The third kappa shape index (κ3) is 4.27. The molecule has 0 atom stereocenters. The van der Waals surface area contributed by atoms with Crippen LogP contribution in [0.3, 0.4) is 0 Å². The standard InChI is InChI=1S/C18H21N3O4/c1-11-9-12(20-16(22)10-19)7-8-13(11)21-18(23)17-14(24-2)5-4-6-15(17)25-3/h4-9H,10,19H2,1-3H3,(H,20,22)(H,21,23). The zero-order valence-electron chi connectivity index (χ0n) is 14.4. The number of hydrogen-bond donors (Lipinski definition) is 3. The predicted octanol–water partition coefficient (Wildman–Crippen LogP) is 2.16. The molecule has 0 heterocycles. The van der Waals surface area contributed by atoms with Gasteiger partial charge in [-0.3, -0.25) is 9.59 Å². The van der Waals surface area contributed by atoms with Crippen molar-refractivity contribution in [2.75, 3.05) is 31.4 Å². The third-order valence-electron chi connectivity index (χ3n) is 3.60. The highest BCUT2D eigenvalue weighted by Crippen LogP contribution is 2.29. The van der Waals surface area contributed by atoms with Crippen molar-refractivity contribution in [2.45, 2.75) is 6.92 Å². The van der Waals surface area contributed by atoms with Crippen LogP contribution in [0.1, 0.15) is 15.9 Å². The van der Waals surface area contributed by atoms with Crippen molar-refractivity contribution >= 4 is 23.2 Å². The van der Waals surface area contributed by atoms with Crippen LogP contribution >= 0.6 is 0 Å². The average molecular weight is 343 g/mol. The Morgan fingerprint density at radius 1 is 1.04 bits per heavy atom. The lowest BCUT2D eigenvalue weighted by Gasteiger charge is -2.14. The molecule has 0 saturated heterocycles. The number of hydrogen-bond acceptors (Lipinski definition) is 5. The lowest BCUT2D eigenvalue weighted by molar-refractivity contribution is -0.114. The molecular weight excluding hydrogens is 322 g/mol. The van der Waals surface area contributed by atoms with Crippen molar-refractivity contribution in [1.82, 2.24) is 0 Å². The molecule has 0 aromatic heterocycles. The number of carbonyl (C=O) groups is 2. The molecule has 25 heavy (non-hydrogen) atoms. The van der Waals surface area contributed by atoms with Crippen LogP contribution in [0.15, 0.2) is 36.4 Å². The minimum atomic E-state index is -0.351. The van der Waals surface area contributed by atoms with Gasteiger partial charge < -0.3 is 25.8 Å². The van der Waals surface area contributed by atoms with Crippen molar-refractivity contribution in [3.63, 3.8) is 0 Å². The van der Waals surface area contributed by atoms with Gasteiger partial charge in [-0.05, 0) is 42.8 Å². The fourth-order valence-corrected chi connectivity index (χ4v) is 2.35. The van der Waals surface area contributed by atoms with Crippen LogP contribution in [0.25, 0.3) is 0 Å². The Balaban J connectivity index is 2.25. The zero-order valence-corrected chi connectivity index (χ0v) is 14.4. The third-order valence-corrected chi connectivity index (χ3v) is 3.60. The van der Waals surface area contributed by atoms with Crippen molar-refractivity contribution in [1.29, 1.82) is 0 Å². The first-order chi connectivity index (χ1) is 12.0. The van der Waals surface area contributed by atoms with Crippen molar-refractivity contribution in [3.8, 4) is 11.5 Å². The normalized spacial score (nSPS) is 10.1. The highest BCUT2D eigenvalue weighted by molar-refractivity contribution is 6.08. The van der Waals surface area contributed by atoms with Crippen LogP contribution in [0.4, 0.5) is 11.4 Å². The van der Waals surface area contributed by atoms with Gasteiger partial charge in [0, 0.05) is 11.4 Å². The van der Waals surface area contributed by atoms with E-state index in [4.69, 9.17) is 15.2 Å². The Bertz CT molecular complexity index is 768. The molecule has 0 unspecified atom stereocenters. The van der Waals surface area contributed by atoms with E-state index < -0.39 is 0 Å². The topological polar surface area (TPSA) is 103 Å². The summed E-state index contributed by atoms with van der Waals surface area (Å²) in [6.07, 6.45) is 0. The number of nitrogens with one attached hydrogen (secondary N) is 2. The number of aryl methyl sites for hydroxylation is 1. The van der Waals surface area contributed by atoms with E-state index in [1.165, 1.54) is 14.2 Å². The van der Waals surface area contributed by atoms with Crippen LogP contribution in [0, 0.1) is 6.92 Å². The minimum Gasteiger partial charge on any atom is -0.496 e. The second kappa shape index (κ2) is 8.16. The maximum atomic E-state index is 12.7. The van der Waals surface area contributed by atoms with E-state index in [0.29, 0.717) is 28.4 Å². The quantitative estimate of drug-likeness (QED) is 0.746. The molecule has 0 fully saturated rings. The minimum absolute atomic E-state index is 0.0921. The molecule has 7 nitrogen and oxygen atoms in total. The fourth-order valence-electron chi connectivity index (χ4n) is 2.35. The second-order valence-electron chi connectivity index (χ2n) is 5.27. The summed E-state index contributed by atoms with van der Waals surface area (Å²) < 4.78 is 10.5. The van der Waals surface area contributed by atoms with E-state index in [2.05, 4.69) is 10.6 Å². The van der Waals surface area contributed by atoms with E-state index in [1.807, 2.05) is 6.92 Å². The lowest BCUT2D eigenvalue weighted by atomic mass is 10.1. The van der Waals surface area contributed by atoms with Gasteiger partial charge in [0.15, 0.2) is 0 Å². The summed E-state index contributed by atoms with van der Waals surface area (Å²) in [6, 6.07) is 10.3. The maximum absolute atomic E-state index is 12.7. The molecule has 2 amide bonds. The smallest absolute Gasteiger partial charge is 0.263 e. The highest BCUT2D eigenvalue weighted by Gasteiger charge is 2.19. The Morgan fingerprint density at radius 2 is 1.68 bits per heavy atom. The molecular formula is C18H21N3O4. The van der Waals surface area contributed by atoms with Crippen LogP contribution in [-0.4, -0.2) is 32.6 Å². The average Bonchev–Trinajstić information content (AvgIpc) is 2.62.